The smallest absolute Gasteiger partial charge is 0.200 e. The summed E-state index contributed by atoms with van der Waals surface area (Å²) in [6.45, 7) is 3.65. The molecule has 0 aliphatic rings. The second-order valence-electron chi connectivity index (χ2n) is 8.74. The third kappa shape index (κ3) is 7.34. The largest absolute Gasteiger partial charge is 0.384 e. The summed E-state index contributed by atoms with van der Waals surface area (Å²) in [6, 6.07) is 0. The number of alkyl halides is 12. The van der Waals surface area contributed by atoms with E-state index < -0.39 is 61.2 Å². The van der Waals surface area contributed by atoms with Gasteiger partial charge in [0, 0.05) is 12.8 Å². The van der Waals surface area contributed by atoms with Crippen molar-refractivity contribution in [3.8, 4) is 0 Å². The van der Waals surface area contributed by atoms with Gasteiger partial charge in [0.05, 0.1) is 0 Å². The van der Waals surface area contributed by atoms with Crippen LogP contribution in [0.5, 0.6) is 0 Å². The molecule has 34 heavy (non-hydrogen) atoms. The molecule has 0 spiro atoms. The number of rotatable bonds is 19. The first kappa shape index (κ1) is 33.2. The summed E-state index contributed by atoms with van der Waals surface area (Å²) < 4.78 is 167. The Kier molecular flexibility index (Phi) is 12.6. The zero-order valence-corrected chi connectivity index (χ0v) is 19.4. The molecule has 0 aromatic carbocycles. The lowest BCUT2D eigenvalue weighted by atomic mass is 9.88. The Labute approximate surface area is 192 Å². The number of halogens is 12. The van der Waals surface area contributed by atoms with E-state index in [2.05, 4.69) is 0 Å². The summed E-state index contributed by atoms with van der Waals surface area (Å²) >= 11 is 0. The Bertz CT molecular complexity index is 522. The average molecular weight is 526 g/mol. The van der Waals surface area contributed by atoms with Crippen molar-refractivity contribution in [2.75, 3.05) is 0 Å². The molecule has 0 N–H and O–H groups in total. The lowest BCUT2D eigenvalue weighted by Crippen LogP contribution is -2.70. The fourth-order valence-electron chi connectivity index (χ4n) is 3.42. The molecule has 12 heteroatoms. The van der Waals surface area contributed by atoms with Gasteiger partial charge in [0.1, 0.15) is 0 Å². The predicted octanol–water partition coefficient (Wildman–Crippen LogP) is 10.3. The predicted molar refractivity (Wildman–Crippen MR) is 106 cm³/mol. The van der Waals surface area contributed by atoms with Gasteiger partial charge in [0.2, 0.25) is 0 Å². The van der Waals surface area contributed by atoms with Crippen molar-refractivity contribution >= 4 is 0 Å². The van der Waals surface area contributed by atoms with E-state index in [0.29, 0.717) is 25.7 Å². The minimum absolute atomic E-state index is 0.111. The zero-order valence-electron chi connectivity index (χ0n) is 19.4. The molecule has 0 aromatic heterocycles. The first-order valence-corrected chi connectivity index (χ1v) is 11.6. The first-order valence-electron chi connectivity index (χ1n) is 11.6. The SMILES string of the molecule is CCCCCCCCC(F)(F)C(F)(F)C(F)(F)C(F)(F)C(F)(F)C(F)(F)CCCCCCCC. The molecule has 0 atom stereocenters. The van der Waals surface area contributed by atoms with Crippen LogP contribution in [0.25, 0.3) is 0 Å². The molecule has 0 nitrogen and oxygen atoms in total. The number of hydrogen-bond acceptors (Lipinski definition) is 0. The van der Waals surface area contributed by atoms with E-state index >= 15 is 0 Å². The molecule has 0 unspecified atom stereocenters. The molecule has 0 saturated carbocycles. The standard InChI is InChI=1S/C22H34F12/c1-3-5-7-9-11-13-15-17(23,24)19(27,28)21(31,32)22(33,34)20(29,30)18(25,26)16-14-12-10-8-6-4-2/h3-16H2,1-2H3. The van der Waals surface area contributed by atoms with Gasteiger partial charge in [-0.2, -0.15) is 52.7 Å². The van der Waals surface area contributed by atoms with Crippen LogP contribution in [0.2, 0.25) is 0 Å². The van der Waals surface area contributed by atoms with Gasteiger partial charge in [-0.15, -0.1) is 0 Å². The lowest BCUT2D eigenvalue weighted by molar-refractivity contribution is -0.425. The van der Waals surface area contributed by atoms with Crippen molar-refractivity contribution in [3.05, 3.63) is 0 Å². The van der Waals surface area contributed by atoms with E-state index in [1.807, 2.05) is 13.8 Å². The molecule has 0 bridgehead atoms. The molecule has 0 aromatic rings. The molecule has 0 amide bonds. The summed E-state index contributed by atoms with van der Waals surface area (Å²) in [5, 5.41) is 0. The van der Waals surface area contributed by atoms with E-state index in [0.717, 1.165) is 12.8 Å². The summed E-state index contributed by atoms with van der Waals surface area (Å²) in [4.78, 5) is 0. The van der Waals surface area contributed by atoms with Gasteiger partial charge in [0.15, 0.2) is 0 Å². The van der Waals surface area contributed by atoms with Gasteiger partial charge in [-0.25, -0.2) is 0 Å². The Morgan fingerprint density at radius 3 is 0.824 bits per heavy atom. The van der Waals surface area contributed by atoms with E-state index in [9.17, 15) is 52.7 Å². The van der Waals surface area contributed by atoms with Crippen molar-refractivity contribution in [1.29, 1.82) is 0 Å². The second-order valence-corrected chi connectivity index (χ2v) is 8.74. The summed E-state index contributed by atoms with van der Waals surface area (Å²) in [5.41, 5.74) is 0. The van der Waals surface area contributed by atoms with E-state index in [1.165, 1.54) is 0 Å². The Balaban J connectivity index is 5.48. The van der Waals surface area contributed by atoms with Crippen molar-refractivity contribution < 1.29 is 52.7 Å². The van der Waals surface area contributed by atoms with E-state index in [1.54, 1.807) is 0 Å². The van der Waals surface area contributed by atoms with E-state index in [-0.39, 0.29) is 25.7 Å². The van der Waals surface area contributed by atoms with Crippen LogP contribution in [0.3, 0.4) is 0 Å². The van der Waals surface area contributed by atoms with Crippen LogP contribution in [-0.2, 0) is 0 Å². The van der Waals surface area contributed by atoms with Gasteiger partial charge in [-0.1, -0.05) is 78.1 Å². The first-order chi connectivity index (χ1) is 15.4. The van der Waals surface area contributed by atoms with Crippen LogP contribution < -0.4 is 0 Å². The van der Waals surface area contributed by atoms with Crippen LogP contribution in [0, 0.1) is 0 Å². The molecule has 0 radical (unpaired) electrons. The third-order valence-electron chi connectivity index (χ3n) is 5.79. The third-order valence-corrected chi connectivity index (χ3v) is 5.79. The monoisotopic (exact) mass is 526 g/mol. The average Bonchev–Trinajstić information content (AvgIpc) is 2.72. The fraction of sp³-hybridized carbons (Fsp3) is 1.00. The highest BCUT2D eigenvalue weighted by molar-refractivity contribution is 5.11. The zero-order chi connectivity index (χ0) is 26.9. The highest BCUT2D eigenvalue weighted by Gasteiger charge is 2.89. The van der Waals surface area contributed by atoms with Gasteiger partial charge in [0.25, 0.3) is 0 Å². The van der Waals surface area contributed by atoms with Crippen LogP contribution in [-0.4, -0.2) is 35.5 Å². The van der Waals surface area contributed by atoms with Gasteiger partial charge < -0.3 is 0 Å². The van der Waals surface area contributed by atoms with Crippen LogP contribution >= 0.6 is 0 Å². The molecule has 0 saturated heterocycles. The molecule has 0 aliphatic heterocycles. The highest BCUT2D eigenvalue weighted by atomic mass is 19.4. The summed E-state index contributed by atoms with van der Waals surface area (Å²) in [5.74, 6) is -40.5. The highest BCUT2D eigenvalue weighted by Crippen LogP contribution is 2.61. The van der Waals surface area contributed by atoms with Crippen LogP contribution in [0.4, 0.5) is 52.7 Å². The van der Waals surface area contributed by atoms with Crippen LogP contribution in [0.15, 0.2) is 0 Å². The lowest BCUT2D eigenvalue weighted by Gasteiger charge is -2.41. The van der Waals surface area contributed by atoms with E-state index in [4.69, 9.17) is 0 Å². The maximum absolute atomic E-state index is 13.9. The van der Waals surface area contributed by atoms with Crippen molar-refractivity contribution in [1.82, 2.24) is 0 Å². The molecule has 206 valence electrons. The van der Waals surface area contributed by atoms with Crippen molar-refractivity contribution in [3.63, 3.8) is 0 Å². The topological polar surface area (TPSA) is 0 Å². The molecule has 0 fully saturated rings. The quantitative estimate of drug-likeness (QED) is 0.116. The number of unbranched alkanes of at least 4 members (excludes halogenated alkanes) is 10. The second kappa shape index (κ2) is 12.9. The molecule has 0 heterocycles. The summed E-state index contributed by atoms with van der Waals surface area (Å²) in [6.07, 6.45) is -1.20. The minimum Gasteiger partial charge on any atom is -0.200 e. The maximum Gasteiger partial charge on any atom is 0.384 e. The van der Waals surface area contributed by atoms with Gasteiger partial charge in [-0.3, -0.25) is 0 Å². The summed E-state index contributed by atoms with van der Waals surface area (Å²) in [7, 11) is 0. The Hall–Kier alpha value is -0.840. The molecule has 0 rings (SSSR count). The van der Waals surface area contributed by atoms with Gasteiger partial charge in [-0.05, 0) is 12.8 Å². The molecular weight excluding hydrogens is 492 g/mol. The Morgan fingerprint density at radius 1 is 0.324 bits per heavy atom. The fourth-order valence-corrected chi connectivity index (χ4v) is 3.42. The van der Waals surface area contributed by atoms with Crippen molar-refractivity contribution in [2.24, 2.45) is 0 Å². The molecule has 0 aliphatic carbocycles. The van der Waals surface area contributed by atoms with Crippen LogP contribution in [0.1, 0.15) is 104 Å². The Morgan fingerprint density at radius 2 is 0.559 bits per heavy atom. The minimum atomic E-state index is -7.44. The number of hydrogen-bond donors (Lipinski definition) is 0. The van der Waals surface area contributed by atoms with Gasteiger partial charge >= 0.3 is 35.5 Å². The molecular formula is C22H34F12. The maximum atomic E-state index is 13.9. The van der Waals surface area contributed by atoms with Crippen molar-refractivity contribution in [2.45, 2.75) is 139 Å². The normalized spacial score (nSPS) is 14.6.